The fourth-order valence-corrected chi connectivity index (χ4v) is 2.40. The van der Waals surface area contributed by atoms with E-state index in [1.54, 1.807) is 12.2 Å². The third-order valence-electron chi connectivity index (χ3n) is 4.01. The van der Waals surface area contributed by atoms with Crippen LogP contribution in [0.4, 0.5) is 0 Å². The Kier molecular flexibility index (Phi) is 17.0. The Morgan fingerprint density at radius 3 is 2.19 bits per heavy atom. The highest BCUT2D eigenvalue weighted by Crippen LogP contribution is 2.08. The second kappa shape index (κ2) is 18.2. The molecule has 0 aromatic rings. The van der Waals surface area contributed by atoms with Crippen molar-refractivity contribution < 1.29 is 20.1 Å². The first-order chi connectivity index (χ1) is 12.6. The molecule has 0 aliphatic heterocycles. The van der Waals surface area contributed by atoms with Crippen LogP contribution in [0.1, 0.15) is 71.1 Å². The van der Waals surface area contributed by atoms with Crippen molar-refractivity contribution in [3.05, 3.63) is 48.6 Å². The minimum Gasteiger partial charge on any atom is -0.481 e. The number of carboxylic acid groups (broad SMARTS) is 1. The molecule has 0 amide bonds. The van der Waals surface area contributed by atoms with Crippen LogP contribution in [0, 0.1) is 0 Å². The second-order valence-corrected chi connectivity index (χ2v) is 6.48. The van der Waals surface area contributed by atoms with Gasteiger partial charge in [-0.25, -0.2) is 0 Å². The maximum absolute atomic E-state index is 10.4. The van der Waals surface area contributed by atoms with Crippen LogP contribution in [0.5, 0.6) is 0 Å². The first-order valence-corrected chi connectivity index (χ1v) is 9.82. The molecule has 0 aliphatic carbocycles. The molecule has 0 aliphatic rings. The summed E-state index contributed by atoms with van der Waals surface area (Å²) in [7, 11) is 0. The number of unbranched alkanes of at least 4 members (excludes halogenated alkanes) is 6. The Bertz CT molecular complexity index is 449. The molecule has 0 aromatic carbocycles. The van der Waals surface area contributed by atoms with Gasteiger partial charge in [-0.05, 0) is 25.7 Å². The molecule has 26 heavy (non-hydrogen) atoms. The maximum Gasteiger partial charge on any atom is 0.303 e. The summed E-state index contributed by atoms with van der Waals surface area (Å²) in [6.07, 6.45) is 22.5. The van der Waals surface area contributed by atoms with Gasteiger partial charge in [0.25, 0.3) is 0 Å². The molecule has 0 bridgehead atoms. The van der Waals surface area contributed by atoms with Gasteiger partial charge in [-0.3, -0.25) is 4.79 Å². The van der Waals surface area contributed by atoms with Gasteiger partial charge in [0.15, 0.2) is 0 Å². The molecule has 0 saturated carbocycles. The normalized spacial score (nSPS) is 14.9. The van der Waals surface area contributed by atoms with E-state index >= 15 is 0 Å². The van der Waals surface area contributed by atoms with E-state index in [0.29, 0.717) is 6.42 Å². The first-order valence-electron chi connectivity index (χ1n) is 9.82. The molecular weight excluding hydrogens is 328 g/mol. The molecule has 0 fully saturated rings. The van der Waals surface area contributed by atoms with Gasteiger partial charge in [0.2, 0.25) is 0 Å². The Morgan fingerprint density at radius 1 is 0.846 bits per heavy atom. The number of allylic oxidation sites excluding steroid dienone is 7. The Balaban J connectivity index is 3.71. The number of aliphatic hydroxyl groups excluding tert-OH is 2. The summed E-state index contributed by atoms with van der Waals surface area (Å²) < 4.78 is 0. The lowest BCUT2D eigenvalue weighted by atomic mass is 10.1. The Morgan fingerprint density at radius 2 is 1.50 bits per heavy atom. The summed E-state index contributed by atoms with van der Waals surface area (Å²) in [5.74, 6) is -0.712. The summed E-state index contributed by atoms with van der Waals surface area (Å²) >= 11 is 0. The van der Waals surface area contributed by atoms with E-state index < -0.39 is 18.2 Å². The van der Waals surface area contributed by atoms with Gasteiger partial charge in [0.05, 0.1) is 12.2 Å². The average Bonchev–Trinajstić information content (AvgIpc) is 2.61. The largest absolute Gasteiger partial charge is 0.481 e. The SMILES string of the molecule is CCCCCC(O)C(O)/C=C/C=C\C=C/C=C/CCCCCCC(=O)O. The third-order valence-corrected chi connectivity index (χ3v) is 4.01. The second-order valence-electron chi connectivity index (χ2n) is 6.48. The summed E-state index contributed by atoms with van der Waals surface area (Å²) in [5, 5.41) is 28.1. The van der Waals surface area contributed by atoms with Crippen molar-refractivity contribution in [3.63, 3.8) is 0 Å². The van der Waals surface area contributed by atoms with Gasteiger partial charge in [-0.1, -0.05) is 87.6 Å². The summed E-state index contributed by atoms with van der Waals surface area (Å²) in [6, 6.07) is 0. The highest BCUT2D eigenvalue weighted by molar-refractivity contribution is 5.66. The fourth-order valence-electron chi connectivity index (χ4n) is 2.40. The van der Waals surface area contributed by atoms with E-state index in [4.69, 9.17) is 5.11 Å². The van der Waals surface area contributed by atoms with Crippen LogP contribution in [-0.4, -0.2) is 33.5 Å². The summed E-state index contributed by atoms with van der Waals surface area (Å²) in [5.41, 5.74) is 0. The highest BCUT2D eigenvalue weighted by Gasteiger charge is 2.11. The molecule has 2 unspecified atom stereocenters. The van der Waals surface area contributed by atoms with Crippen molar-refractivity contribution in [3.8, 4) is 0 Å². The van der Waals surface area contributed by atoms with Crippen LogP contribution in [0.3, 0.4) is 0 Å². The van der Waals surface area contributed by atoms with Crippen molar-refractivity contribution in [1.29, 1.82) is 0 Å². The smallest absolute Gasteiger partial charge is 0.303 e. The Labute approximate surface area is 158 Å². The predicted octanol–water partition coefficient (Wildman–Crippen LogP) is 4.94. The molecule has 4 heteroatoms. The summed E-state index contributed by atoms with van der Waals surface area (Å²) in [6.45, 7) is 2.11. The van der Waals surface area contributed by atoms with Gasteiger partial charge in [0, 0.05) is 6.42 Å². The van der Waals surface area contributed by atoms with Crippen LogP contribution in [0.25, 0.3) is 0 Å². The maximum atomic E-state index is 10.4. The first kappa shape index (κ1) is 24.4. The van der Waals surface area contributed by atoms with Crippen LogP contribution in [-0.2, 0) is 4.79 Å². The fraction of sp³-hybridized carbons (Fsp3) is 0.591. The number of hydrogen-bond acceptors (Lipinski definition) is 3. The van der Waals surface area contributed by atoms with E-state index in [2.05, 4.69) is 13.0 Å². The Hall–Kier alpha value is -1.65. The average molecular weight is 365 g/mol. The molecule has 0 aromatic heterocycles. The zero-order valence-electron chi connectivity index (χ0n) is 16.1. The standard InChI is InChI=1S/C22H36O4/c1-2-3-14-17-20(23)21(24)18-15-12-10-8-6-4-5-7-9-11-13-16-19-22(25)26/h4-6,8,10,12,15,18,20-21,23-24H,2-3,7,9,11,13-14,16-17,19H2,1H3,(H,25,26)/b5-4+,8-6-,12-10-,18-15+. The van der Waals surface area contributed by atoms with Gasteiger partial charge >= 0.3 is 5.97 Å². The van der Waals surface area contributed by atoms with Crippen LogP contribution in [0.2, 0.25) is 0 Å². The van der Waals surface area contributed by atoms with Gasteiger partial charge in [-0.2, -0.15) is 0 Å². The quantitative estimate of drug-likeness (QED) is 0.268. The van der Waals surface area contributed by atoms with E-state index in [9.17, 15) is 15.0 Å². The summed E-state index contributed by atoms with van der Waals surface area (Å²) in [4.78, 5) is 10.4. The topological polar surface area (TPSA) is 77.8 Å². The number of aliphatic carboxylic acids is 1. The van der Waals surface area contributed by atoms with E-state index in [1.807, 2.05) is 30.4 Å². The van der Waals surface area contributed by atoms with Crippen molar-refractivity contribution in [2.45, 2.75) is 83.3 Å². The van der Waals surface area contributed by atoms with E-state index in [-0.39, 0.29) is 6.42 Å². The monoisotopic (exact) mass is 364 g/mol. The minimum absolute atomic E-state index is 0.272. The zero-order chi connectivity index (χ0) is 19.5. The predicted molar refractivity (Wildman–Crippen MR) is 108 cm³/mol. The van der Waals surface area contributed by atoms with Crippen molar-refractivity contribution in [2.24, 2.45) is 0 Å². The highest BCUT2D eigenvalue weighted by atomic mass is 16.4. The number of rotatable bonds is 16. The lowest BCUT2D eigenvalue weighted by Gasteiger charge is -2.13. The number of hydrogen-bond donors (Lipinski definition) is 3. The lowest BCUT2D eigenvalue weighted by Crippen LogP contribution is -2.23. The third kappa shape index (κ3) is 17.2. The molecule has 4 nitrogen and oxygen atoms in total. The van der Waals surface area contributed by atoms with Crippen molar-refractivity contribution >= 4 is 5.97 Å². The molecule has 0 saturated heterocycles. The number of carbonyl (C=O) groups is 1. The van der Waals surface area contributed by atoms with Crippen LogP contribution >= 0.6 is 0 Å². The molecule has 0 rings (SSSR count). The molecule has 3 N–H and O–H groups in total. The molecular formula is C22H36O4. The zero-order valence-corrected chi connectivity index (χ0v) is 16.1. The molecule has 0 radical (unpaired) electrons. The number of carboxylic acids is 1. The van der Waals surface area contributed by atoms with Crippen LogP contribution < -0.4 is 0 Å². The molecule has 148 valence electrons. The van der Waals surface area contributed by atoms with Gasteiger partial charge in [0.1, 0.15) is 0 Å². The van der Waals surface area contributed by atoms with E-state index in [1.165, 1.54) is 0 Å². The number of aliphatic hydroxyl groups is 2. The molecule has 0 spiro atoms. The minimum atomic E-state index is -0.809. The lowest BCUT2D eigenvalue weighted by molar-refractivity contribution is -0.137. The molecule has 2 atom stereocenters. The van der Waals surface area contributed by atoms with Crippen molar-refractivity contribution in [1.82, 2.24) is 0 Å². The molecule has 0 heterocycles. The van der Waals surface area contributed by atoms with Gasteiger partial charge < -0.3 is 15.3 Å². The van der Waals surface area contributed by atoms with Crippen LogP contribution in [0.15, 0.2) is 48.6 Å². The van der Waals surface area contributed by atoms with E-state index in [0.717, 1.165) is 51.4 Å². The van der Waals surface area contributed by atoms with Crippen molar-refractivity contribution in [2.75, 3.05) is 0 Å². The van der Waals surface area contributed by atoms with Gasteiger partial charge in [-0.15, -0.1) is 0 Å².